The second kappa shape index (κ2) is 8.67. The van der Waals surface area contributed by atoms with Gasteiger partial charge in [-0.1, -0.05) is 13.8 Å². The van der Waals surface area contributed by atoms with Gasteiger partial charge in [0, 0.05) is 42.0 Å². The number of hydrogen-bond donors (Lipinski definition) is 3. The van der Waals surface area contributed by atoms with E-state index in [0.717, 1.165) is 17.4 Å². The van der Waals surface area contributed by atoms with Crippen molar-refractivity contribution in [3.63, 3.8) is 0 Å². The van der Waals surface area contributed by atoms with Crippen LogP contribution in [0.1, 0.15) is 33.6 Å². The lowest BCUT2D eigenvalue weighted by Crippen LogP contribution is -2.40. The highest BCUT2D eigenvalue weighted by Crippen LogP contribution is 2.21. The van der Waals surface area contributed by atoms with E-state index in [2.05, 4.69) is 29.0 Å². The summed E-state index contributed by atoms with van der Waals surface area (Å²) in [4.78, 5) is 24.0. The summed E-state index contributed by atoms with van der Waals surface area (Å²) in [6.45, 7) is 7.15. The number of aliphatic hydroxyl groups is 1. The summed E-state index contributed by atoms with van der Waals surface area (Å²) in [7, 11) is 0. The van der Waals surface area contributed by atoms with E-state index in [4.69, 9.17) is 5.11 Å². The van der Waals surface area contributed by atoms with E-state index in [1.165, 1.54) is 0 Å². The van der Waals surface area contributed by atoms with Crippen LogP contribution in [-0.4, -0.2) is 34.1 Å². The van der Waals surface area contributed by atoms with Crippen LogP contribution in [0.15, 0.2) is 30.5 Å². The van der Waals surface area contributed by atoms with Crippen molar-refractivity contribution in [2.24, 2.45) is 5.92 Å². The van der Waals surface area contributed by atoms with Gasteiger partial charge in [0.2, 0.25) is 0 Å². The number of nitrogens with zero attached hydrogens (tertiary/aromatic N) is 1. The molecule has 1 atom stereocenters. The molecule has 1 unspecified atom stereocenters. The van der Waals surface area contributed by atoms with Gasteiger partial charge in [0.15, 0.2) is 0 Å². The predicted octanol–water partition coefficient (Wildman–Crippen LogP) is 2.51. The summed E-state index contributed by atoms with van der Waals surface area (Å²) in [6.07, 6.45) is 3.25. The van der Waals surface area contributed by atoms with Crippen LogP contribution in [0.2, 0.25) is 0 Å². The number of benzene rings is 1. The number of nitrogens with one attached hydrogen (secondary N) is 2. The largest absolute Gasteiger partial charge is 0.396 e. The quantitative estimate of drug-likeness (QED) is 0.674. The summed E-state index contributed by atoms with van der Waals surface area (Å²) in [6, 6.07) is 7.48. The fourth-order valence-corrected chi connectivity index (χ4v) is 2.78. The molecule has 1 heterocycles. The van der Waals surface area contributed by atoms with Crippen LogP contribution in [0, 0.1) is 5.92 Å². The third kappa shape index (κ3) is 5.32. The summed E-state index contributed by atoms with van der Waals surface area (Å²) in [5.74, 6) is -0.800. The first-order chi connectivity index (χ1) is 11.9. The monoisotopic (exact) mass is 345 g/mol. The van der Waals surface area contributed by atoms with Crippen molar-refractivity contribution >= 4 is 28.4 Å². The van der Waals surface area contributed by atoms with Gasteiger partial charge < -0.3 is 20.3 Å². The van der Waals surface area contributed by atoms with Gasteiger partial charge in [-0.25, -0.2) is 0 Å². The summed E-state index contributed by atoms with van der Waals surface area (Å²) in [5, 5.41) is 15.1. The number of rotatable bonds is 7. The number of aliphatic hydroxyl groups excluding tert-OH is 1. The molecule has 0 saturated carbocycles. The van der Waals surface area contributed by atoms with E-state index >= 15 is 0 Å². The molecule has 2 rings (SSSR count). The normalized spacial score (nSPS) is 12.4. The Balaban J connectivity index is 2.00. The Morgan fingerprint density at radius 3 is 2.60 bits per heavy atom. The molecule has 3 N–H and O–H groups in total. The maximum Gasteiger partial charge on any atom is 0.313 e. The van der Waals surface area contributed by atoms with Crippen LogP contribution in [-0.2, 0) is 16.1 Å². The van der Waals surface area contributed by atoms with Crippen molar-refractivity contribution in [1.82, 2.24) is 9.88 Å². The number of amides is 2. The average Bonchev–Trinajstić information content (AvgIpc) is 2.94. The van der Waals surface area contributed by atoms with Crippen molar-refractivity contribution in [3.05, 3.63) is 30.5 Å². The van der Waals surface area contributed by atoms with Crippen molar-refractivity contribution in [2.75, 3.05) is 11.9 Å². The van der Waals surface area contributed by atoms with Crippen molar-refractivity contribution in [1.29, 1.82) is 0 Å². The van der Waals surface area contributed by atoms with Crippen molar-refractivity contribution in [3.8, 4) is 0 Å². The van der Waals surface area contributed by atoms with E-state index in [1.807, 2.05) is 31.3 Å². The number of carbonyl (C=O) groups excluding carboxylic acids is 2. The van der Waals surface area contributed by atoms with E-state index in [-0.39, 0.29) is 12.6 Å². The van der Waals surface area contributed by atoms with Crippen LogP contribution >= 0.6 is 0 Å². The summed E-state index contributed by atoms with van der Waals surface area (Å²) < 4.78 is 2.18. The van der Waals surface area contributed by atoms with Crippen LogP contribution in [0.3, 0.4) is 0 Å². The molecular formula is C19H27N3O3. The van der Waals surface area contributed by atoms with Gasteiger partial charge in [-0.15, -0.1) is 0 Å². The molecule has 0 fully saturated rings. The molecule has 0 radical (unpaired) electrons. The second-order valence-corrected chi connectivity index (χ2v) is 6.83. The Kier molecular flexibility index (Phi) is 6.58. The van der Waals surface area contributed by atoms with Crippen LogP contribution in [0.25, 0.3) is 10.9 Å². The summed E-state index contributed by atoms with van der Waals surface area (Å²) in [5.41, 5.74) is 1.70. The van der Waals surface area contributed by atoms with Crippen LogP contribution in [0.5, 0.6) is 0 Å². The second-order valence-electron chi connectivity index (χ2n) is 6.83. The first kappa shape index (κ1) is 19.0. The first-order valence-corrected chi connectivity index (χ1v) is 8.72. The first-order valence-electron chi connectivity index (χ1n) is 8.72. The Morgan fingerprint density at radius 2 is 1.92 bits per heavy atom. The third-order valence-electron chi connectivity index (χ3n) is 3.97. The number of hydrogen-bond acceptors (Lipinski definition) is 3. The lowest BCUT2D eigenvalue weighted by Gasteiger charge is -2.13. The molecule has 0 aliphatic carbocycles. The Bertz CT molecular complexity index is 737. The zero-order valence-corrected chi connectivity index (χ0v) is 15.1. The topological polar surface area (TPSA) is 83.4 Å². The number of anilines is 1. The zero-order chi connectivity index (χ0) is 18.4. The molecule has 0 saturated heterocycles. The van der Waals surface area contributed by atoms with E-state index in [0.29, 0.717) is 24.4 Å². The Hall–Kier alpha value is -2.34. The molecule has 2 amide bonds. The Labute approximate surface area is 148 Å². The van der Waals surface area contributed by atoms with E-state index < -0.39 is 11.8 Å². The van der Waals surface area contributed by atoms with Gasteiger partial charge in [-0.05, 0) is 49.9 Å². The van der Waals surface area contributed by atoms with Gasteiger partial charge in [0.1, 0.15) is 0 Å². The minimum atomic E-state index is -0.684. The van der Waals surface area contributed by atoms with Crippen molar-refractivity contribution in [2.45, 2.75) is 46.2 Å². The molecule has 6 heteroatoms. The molecule has 2 aromatic rings. The fraction of sp³-hybridized carbons (Fsp3) is 0.474. The standard InChI is InChI=1S/C19H27N3O3/c1-13(2)12-22-9-8-15-11-16(6-7-17(15)22)21-19(25)18(24)20-14(3)5-4-10-23/h6-9,11,13-14,23H,4-5,10,12H2,1-3H3,(H,20,24)(H,21,25). The molecule has 136 valence electrons. The highest BCUT2D eigenvalue weighted by atomic mass is 16.3. The number of aromatic nitrogens is 1. The van der Waals surface area contributed by atoms with E-state index in [9.17, 15) is 9.59 Å². The smallest absolute Gasteiger partial charge is 0.313 e. The Morgan fingerprint density at radius 1 is 1.16 bits per heavy atom. The molecule has 1 aromatic heterocycles. The molecule has 1 aromatic carbocycles. The van der Waals surface area contributed by atoms with Gasteiger partial charge in [0.05, 0.1) is 0 Å². The maximum absolute atomic E-state index is 12.0. The predicted molar refractivity (Wildman–Crippen MR) is 99.3 cm³/mol. The molecule has 0 bridgehead atoms. The SMILES string of the molecule is CC(C)Cn1ccc2cc(NC(=O)C(=O)NC(C)CCCO)ccc21. The average molecular weight is 345 g/mol. The van der Waals surface area contributed by atoms with Crippen LogP contribution < -0.4 is 10.6 Å². The van der Waals surface area contributed by atoms with Gasteiger partial charge >= 0.3 is 11.8 Å². The fourth-order valence-electron chi connectivity index (χ4n) is 2.78. The van der Waals surface area contributed by atoms with E-state index in [1.54, 1.807) is 6.07 Å². The highest BCUT2D eigenvalue weighted by molar-refractivity contribution is 6.39. The third-order valence-corrected chi connectivity index (χ3v) is 3.97. The summed E-state index contributed by atoms with van der Waals surface area (Å²) >= 11 is 0. The maximum atomic E-state index is 12.0. The molecule has 25 heavy (non-hydrogen) atoms. The number of fused-ring (bicyclic) bond motifs is 1. The number of carbonyl (C=O) groups is 2. The zero-order valence-electron chi connectivity index (χ0n) is 15.1. The van der Waals surface area contributed by atoms with Crippen molar-refractivity contribution < 1.29 is 14.7 Å². The van der Waals surface area contributed by atoms with Gasteiger partial charge in [0.25, 0.3) is 0 Å². The lowest BCUT2D eigenvalue weighted by atomic mass is 10.2. The molecule has 0 spiro atoms. The lowest BCUT2D eigenvalue weighted by molar-refractivity contribution is -0.136. The minimum absolute atomic E-state index is 0.0723. The minimum Gasteiger partial charge on any atom is -0.396 e. The molecule has 0 aliphatic heterocycles. The van der Waals surface area contributed by atoms with Gasteiger partial charge in [-0.2, -0.15) is 0 Å². The molecule has 0 aliphatic rings. The molecular weight excluding hydrogens is 318 g/mol. The van der Waals surface area contributed by atoms with Crippen LogP contribution in [0.4, 0.5) is 5.69 Å². The highest BCUT2D eigenvalue weighted by Gasteiger charge is 2.16. The van der Waals surface area contributed by atoms with Gasteiger partial charge in [-0.3, -0.25) is 9.59 Å². The molecule has 6 nitrogen and oxygen atoms in total.